The third kappa shape index (κ3) is 7.28. The summed E-state index contributed by atoms with van der Waals surface area (Å²) in [5.41, 5.74) is -4.31. The van der Waals surface area contributed by atoms with Crippen LogP contribution >= 0.6 is 0 Å². The van der Waals surface area contributed by atoms with E-state index in [1.165, 1.54) is 24.5 Å². The molecule has 3 aromatic carbocycles. The molecule has 1 aromatic heterocycles. The Bertz CT molecular complexity index is 1600. The van der Waals surface area contributed by atoms with Crippen LogP contribution in [0.5, 0.6) is 0 Å². The number of hydrogen-bond donors (Lipinski definition) is 1. The molecule has 4 aromatic rings. The molecule has 1 N–H and O–H groups in total. The van der Waals surface area contributed by atoms with Crippen LogP contribution in [0.25, 0.3) is 0 Å². The van der Waals surface area contributed by atoms with Crippen LogP contribution in [0.2, 0.25) is 0 Å². The number of carbonyl (C=O) groups excluding carboxylic acids is 1. The second-order valence-corrected chi connectivity index (χ2v) is 11.6. The van der Waals surface area contributed by atoms with Crippen LogP contribution in [-0.4, -0.2) is 50.6 Å². The molecule has 1 saturated heterocycles. The highest BCUT2D eigenvalue weighted by molar-refractivity contribution is 5.70. The summed E-state index contributed by atoms with van der Waals surface area (Å²) in [5, 5.41) is 18.4. The zero-order valence-electron chi connectivity index (χ0n) is 25.2. The molecular weight excluding hydrogens is 630 g/mol. The predicted molar refractivity (Wildman–Crippen MR) is 157 cm³/mol. The Morgan fingerprint density at radius 1 is 0.894 bits per heavy atom. The highest BCUT2D eigenvalue weighted by Gasteiger charge is 2.53. The lowest BCUT2D eigenvalue weighted by Gasteiger charge is -2.53. The Hall–Kier alpha value is -4.43. The number of aliphatic hydroxyl groups is 1. The van der Waals surface area contributed by atoms with Crippen LogP contribution in [-0.2, 0) is 39.5 Å². The van der Waals surface area contributed by atoms with E-state index in [9.17, 15) is 36.2 Å². The molecule has 1 aliphatic rings. The molecule has 0 spiro atoms. The molecule has 8 nitrogen and oxygen atoms in total. The van der Waals surface area contributed by atoms with Crippen molar-refractivity contribution >= 4 is 6.09 Å². The first-order valence-electron chi connectivity index (χ1n) is 14.7. The van der Waals surface area contributed by atoms with E-state index in [1.54, 1.807) is 59.2 Å². The molecule has 0 bridgehead atoms. The number of alkyl halides is 6. The van der Waals surface area contributed by atoms with Gasteiger partial charge in [-0.05, 0) is 54.7 Å². The second kappa shape index (κ2) is 13.4. The molecule has 0 unspecified atom stereocenters. The molecule has 1 aliphatic heterocycles. The van der Waals surface area contributed by atoms with Crippen LogP contribution in [0.4, 0.5) is 31.1 Å². The van der Waals surface area contributed by atoms with Gasteiger partial charge < -0.3 is 19.1 Å². The van der Waals surface area contributed by atoms with Crippen LogP contribution < -0.4 is 0 Å². The van der Waals surface area contributed by atoms with E-state index in [4.69, 9.17) is 9.47 Å². The topological polar surface area (TPSA) is 89.7 Å². The Balaban J connectivity index is 1.53. The minimum absolute atomic E-state index is 0.0622. The SMILES string of the molecule is C[C@@H](OC[C@]1(c2ccccc2)CC[C@@](CO)(n2cnnc2)CN1C(=O)OCc1ccccc1)c1cc(C(F)(F)F)cc(C(F)(F)F)c1. The van der Waals surface area contributed by atoms with E-state index in [-0.39, 0.29) is 44.2 Å². The minimum Gasteiger partial charge on any atom is -0.445 e. The Morgan fingerprint density at radius 3 is 2.02 bits per heavy atom. The third-order valence-corrected chi connectivity index (χ3v) is 8.62. The normalized spacial score (nSPS) is 21.0. The Morgan fingerprint density at radius 2 is 1.47 bits per heavy atom. The average Bonchev–Trinajstić information content (AvgIpc) is 3.62. The molecule has 3 atom stereocenters. The summed E-state index contributed by atoms with van der Waals surface area (Å²) in [7, 11) is 0. The summed E-state index contributed by atoms with van der Waals surface area (Å²) >= 11 is 0. The van der Waals surface area contributed by atoms with Crippen molar-refractivity contribution < 1.29 is 45.7 Å². The minimum atomic E-state index is -5.03. The number of halogens is 6. The maximum atomic E-state index is 14.0. The number of benzene rings is 3. The van der Waals surface area contributed by atoms with Gasteiger partial charge in [0.25, 0.3) is 0 Å². The number of rotatable bonds is 9. The Labute approximate surface area is 266 Å². The molecule has 0 saturated carbocycles. The quantitative estimate of drug-likeness (QED) is 0.192. The van der Waals surface area contributed by atoms with Gasteiger partial charge in [0.2, 0.25) is 0 Å². The van der Waals surface area contributed by atoms with Crippen LogP contribution in [0.3, 0.4) is 0 Å². The highest BCUT2D eigenvalue weighted by Crippen LogP contribution is 2.45. The predicted octanol–water partition coefficient (Wildman–Crippen LogP) is 7.11. The van der Waals surface area contributed by atoms with E-state index >= 15 is 0 Å². The highest BCUT2D eigenvalue weighted by atomic mass is 19.4. The lowest BCUT2D eigenvalue weighted by Crippen LogP contribution is -2.63. The van der Waals surface area contributed by atoms with Crippen LogP contribution in [0, 0.1) is 0 Å². The summed E-state index contributed by atoms with van der Waals surface area (Å²) in [6.07, 6.45) is -8.79. The molecule has 5 rings (SSSR count). The summed E-state index contributed by atoms with van der Waals surface area (Å²) in [6.45, 7) is 0.440. The Kier molecular flexibility index (Phi) is 9.64. The van der Waals surface area contributed by atoms with E-state index in [0.29, 0.717) is 23.3 Å². The number of ether oxygens (including phenoxy) is 2. The second-order valence-electron chi connectivity index (χ2n) is 11.6. The number of likely N-dealkylation sites (tertiary alicyclic amines) is 1. The number of nitrogens with zero attached hydrogens (tertiary/aromatic N) is 4. The van der Waals surface area contributed by atoms with Crippen molar-refractivity contribution in [3.8, 4) is 0 Å². The largest absolute Gasteiger partial charge is 0.445 e. The van der Waals surface area contributed by atoms with Gasteiger partial charge in [-0.25, -0.2) is 4.79 Å². The lowest BCUT2D eigenvalue weighted by molar-refractivity contribution is -0.143. The van der Waals surface area contributed by atoms with Crippen molar-refractivity contribution in [2.24, 2.45) is 0 Å². The van der Waals surface area contributed by atoms with E-state index in [1.807, 2.05) is 6.07 Å². The molecular formula is C33H32F6N4O4. The zero-order valence-corrected chi connectivity index (χ0v) is 25.2. The van der Waals surface area contributed by atoms with Gasteiger partial charge >= 0.3 is 18.4 Å². The summed E-state index contributed by atoms with van der Waals surface area (Å²) in [5.74, 6) is 0. The molecule has 2 heterocycles. The fraction of sp³-hybridized carbons (Fsp3) is 0.364. The molecule has 250 valence electrons. The first-order chi connectivity index (χ1) is 22.3. The molecule has 1 amide bonds. The van der Waals surface area contributed by atoms with E-state index < -0.39 is 53.4 Å². The van der Waals surface area contributed by atoms with Crippen molar-refractivity contribution in [1.82, 2.24) is 19.7 Å². The molecule has 47 heavy (non-hydrogen) atoms. The third-order valence-electron chi connectivity index (χ3n) is 8.62. The van der Waals surface area contributed by atoms with Gasteiger partial charge in [-0.3, -0.25) is 4.90 Å². The fourth-order valence-electron chi connectivity index (χ4n) is 5.86. The van der Waals surface area contributed by atoms with E-state index in [0.717, 1.165) is 0 Å². The first kappa shape index (κ1) is 33.9. The van der Waals surface area contributed by atoms with E-state index in [2.05, 4.69) is 10.2 Å². The number of hydrogen-bond acceptors (Lipinski definition) is 6. The van der Waals surface area contributed by atoms with Crippen LogP contribution in [0.1, 0.15) is 53.7 Å². The van der Waals surface area contributed by atoms with Crippen LogP contribution in [0.15, 0.2) is 91.5 Å². The average molecular weight is 663 g/mol. The summed E-state index contributed by atoms with van der Waals surface area (Å²) in [6, 6.07) is 19.0. The number of piperidine rings is 1. The monoisotopic (exact) mass is 662 g/mol. The molecule has 1 fully saturated rings. The number of aromatic nitrogens is 3. The first-order valence-corrected chi connectivity index (χ1v) is 14.7. The van der Waals surface area contributed by atoms with Crippen molar-refractivity contribution in [3.63, 3.8) is 0 Å². The smallest absolute Gasteiger partial charge is 0.416 e. The van der Waals surface area contributed by atoms with Gasteiger partial charge in [0.05, 0.1) is 48.1 Å². The van der Waals surface area contributed by atoms with Crippen molar-refractivity contribution in [1.29, 1.82) is 0 Å². The van der Waals surface area contributed by atoms with Gasteiger partial charge in [-0.1, -0.05) is 60.7 Å². The van der Waals surface area contributed by atoms with Crippen molar-refractivity contribution in [2.75, 3.05) is 19.8 Å². The maximum Gasteiger partial charge on any atom is 0.416 e. The van der Waals surface area contributed by atoms with Gasteiger partial charge in [-0.2, -0.15) is 26.3 Å². The standard InChI is InChI=1S/C33H32F6N4O4/c1-23(25-14-27(32(34,35)36)16-28(15-25)33(37,38)39)47-20-31(26-10-6-3-7-11-26)13-12-30(19-44,42-21-40-41-22-42)18-43(31)29(45)46-17-24-8-4-2-5-9-24/h2-11,14-16,21-23,44H,12-13,17-20H2,1H3/t23-,30-,31+/m1/s1. The fourth-order valence-corrected chi connectivity index (χ4v) is 5.86. The van der Waals surface area contributed by atoms with Gasteiger partial charge in [-0.15, -0.1) is 10.2 Å². The number of amides is 1. The summed E-state index contributed by atoms with van der Waals surface area (Å²) < 4.78 is 95.2. The molecule has 14 heteroatoms. The molecule has 0 radical (unpaired) electrons. The maximum absolute atomic E-state index is 14.0. The van der Waals surface area contributed by atoms with Crippen molar-refractivity contribution in [2.45, 2.75) is 55.9 Å². The zero-order chi connectivity index (χ0) is 33.9. The van der Waals surface area contributed by atoms with Crippen molar-refractivity contribution in [3.05, 3.63) is 119 Å². The lowest BCUT2D eigenvalue weighted by atomic mass is 9.74. The summed E-state index contributed by atoms with van der Waals surface area (Å²) in [4.78, 5) is 15.4. The van der Waals surface area contributed by atoms with Gasteiger partial charge in [0.1, 0.15) is 19.3 Å². The van der Waals surface area contributed by atoms with Gasteiger partial charge in [0.15, 0.2) is 0 Å². The molecule has 0 aliphatic carbocycles. The number of aliphatic hydroxyl groups excluding tert-OH is 1. The number of carbonyl (C=O) groups is 1. The van der Waals surface area contributed by atoms with Gasteiger partial charge in [0, 0.05) is 0 Å².